The number of benzene rings is 1. The monoisotopic (exact) mass is 234 g/mol. The first kappa shape index (κ1) is 10.1. The van der Waals surface area contributed by atoms with Crippen LogP contribution in [0.1, 0.15) is 12.5 Å². The van der Waals surface area contributed by atoms with Gasteiger partial charge in [0.25, 0.3) is 0 Å². The molecule has 3 rings (SSSR count). The molecule has 2 heterocycles. The number of amides is 1. The van der Waals surface area contributed by atoms with Crippen molar-refractivity contribution in [3.05, 3.63) is 41.9 Å². The van der Waals surface area contributed by atoms with Crippen LogP contribution in [0.4, 0.5) is 14.5 Å². The molecule has 0 unspecified atom stereocenters. The highest BCUT2D eigenvalue weighted by molar-refractivity contribution is 6.10. The van der Waals surface area contributed by atoms with Crippen LogP contribution in [0.3, 0.4) is 0 Å². The lowest BCUT2D eigenvalue weighted by Crippen LogP contribution is -2.35. The highest BCUT2D eigenvalue weighted by Crippen LogP contribution is 2.46. The Hall–Kier alpha value is -2.04. The van der Waals surface area contributed by atoms with Gasteiger partial charge < -0.3 is 0 Å². The van der Waals surface area contributed by atoms with Crippen molar-refractivity contribution >= 4 is 17.4 Å². The lowest BCUT2D eigenvalue weighted by atomic mass is 9.97. The van der Waals surface area contributed by atoms with Gasteiger partial charge in [0.15, 0.2) is 5.84 Å². The molecule has 0 spiro atoms. The highest BCUT2D eigenvalue weighted by Gasteiger charge is 2.49. The maximum Gasteiger partial charge on any atom is 0.228 e. The van der Waals surface area contributed by atoms with E-state index in [1.807, 2.05) is 0 Å². The quantitative estimate of drug-likeness (QED) is 0.678. The maximum atomic E-state index is 14.7. The normalized spacial score (nSPS) is 24.6. The zero-order valence-corrected chi connectivity index (χ0v) is 8.95. The summed E-state index contributed by atoms with van der Waals surface area (Å²) in [4.78, 5) is 16.5. The molecule has 5 heteroatoms. The second-order valence-electron chi connectivity index (χ2n) is 4.01. The topological polar surface area (TPSA) is 32.7 Å². The average Bonchev–Trinajstić information content (AvgIpc) is 2.72. The number of hydrogen-bond donors (Lipinski definition) is 0. The molecule has 0 radical (unpaired) electrons. The summed E-state index contributed by atoms with van der Waals surface area (Å²) in [5, 5.41) is 0. The zero-order valence-electron chi connectivity index (χ0n) is 8.95. The Bertz CT molecular complexity index is 594. The van der Waals surface area contributed by atoms with Gasteiger partial charge in [-0.15, -0.1) is 0 Å². The Morgan fingerprint density at radius 1 is 1.47 bits per heavy atom. The van der Waals surface area contributed by atoms with Gasteiger partial charge in [0, 0.05) is 18.7 Å². The van der Waals surface area contributed by atoms with Gasteiger partial charge in [-0.1, -0.05) is 0 Å². The molecule has 0 saturated carbocycles. The molecule has 2 aliphatic rings. The minimum atomic E-state index is -1.98. The molecule has 1 aromatic rings. The van der Waals surface area contributed by atoms with E-state index in [9.17, 15) is 13.6 Å². The molecule has 2 aliphatic heterocycles. The van der Waals surface area contributed by atoms with Crippen LogP contribution in [0, 0.1) is 5.82 Å². The van der Waals surface area contributed by atoms with Gasteiger partial charge in [-0.2, -0.15) is 0 Å². The molecule has 1 aromatic carbocycles. The number of fused-ring (bicyclic) bond motifs is 3. The van der Waals surface area contributed by atoms with Crippen molar-refractivity contribution in [1.82, 2.24) is 4.90 Å². The first-order chi connectivity index (χ1) is 8.02. The molecule has 0 bridgehead atoms. The van der Waals surface area contributed by atoms with Crippen LogP contribution in [-0.4, -0.2) is 16.6 Å². The summed E-state index contributed by atoms with van der Waals surface area (Å²) in [5.74, 6) is -0.856. The Morgan fingerprint density at radius 3 is 2.94 bits per heavy atom. The number of aliphatic imine (C=N–C) groups is 1. The molecule has 0 aliphatic carbocycles. The second-order valence-corrected chi connectivity index (χ2v) is 4.01. The molecule has 86 valence electrons. The van der Waals surface area contributed by atoms with Gasteiger partial charge in [0.05, 0.1) is 5.69 Å². The smallest absolute Gasteiger partial charge is 0.228 e. The van der Waals surface area contributed by atoms with Crippen molar-refractivity contribution in [2.45, 2.75) is 12.6 Å². The van der Waals surface area contributed by atoms with Crippen molar-refractivity contribution in [3.63, 3.8) is 0 Å². The molecule has 1 atom stereocenters. The third-order valence-electron chi connectivity index (χ3n) is 2.92. The van der Waals surface area contributed by atoms with Crippen LogP contribution in [-0.2, 0) is 10.5 Å². The minimum absolute atomic E-state index is 0.00870. The molecule has 17 heavy (non-hydrogen) atoms. The molecule has 0 aromatic heterocycles. The van der Waals surface area contributed by atoms with E-state index < -0.39 is 11.5 Å². The summed E-state index contributed by atoms with van der Waals surface area (Å²) in [5.41, 5.74) is -1.48. The van der Waals surface area contributed by atoms with Crippen molar-refractivity contribution in [2.24, 2.45) is 4.99 Å². The Kier molecular flexibility index (Phi) is 1.79. The first-order valence-electron chi connectivity index (χ1n) is 5.09. The third kappa shape index (κ3) is 1.19. The van der Waals surface area contributed by atoms with E-state index in [0.717, 1.165) is 11.0 Å². The summed E-state index contributed by atoms with van der Waals surface area (Å²) in [6.45, 7) is 1.32. The number of carbonyl (C=O) groups excluding carboxylic acids is 1. The van der Waals surface area contributed by atoms with Gasteiger partial charge >= 0.3 is 0 Å². The molecule has 0 saturated heterocycles. The van der Waals surface area contributed by atoms with E-state index in [2.05, 4.69) is 4.99 Å². The number of rotatable bonds is 0. The lowest BCUT2D eigenvalue weighted by molar-refractivity contribution is -0.123. The van der Waals surface area contributed by atoms with Crippen LogP contribution in [0.5, 0.6) is 0 Å². The van der Waals surface area contributed by atoms with E-state index >= 15 is 0 Å². The van der Waals surface area contributed by atoms with Crippen LogP contribution in [0.25, 0.3) is 0 Å². The number of carbonyl (C=O) groups is 1. The predicted octanol–water partition coefficient (Wildman–Crippen LogP) is 2.41. The van der Waals surface area contributed by atoms with Crippen LogP contribution in [0.15, 0.2) is 35.5 Å². The van der Waals surface area contributed by atoms with Crippen molar-refractivity contribution in [2.75, 3.05) is 0 Å². The SMILES string of the molecule is CC(=O)N1C=C[C@]2(F)C1=Nc1ccc(F)cc12. The number of amidine groups is 1. The van der Waals surface area contributed by atoms with Crippen molar-refractivity contribution in [1.29, 1.82) is 0 Å². The van der Waals surface area contributed by atoms with Crippen molar-refractivity contribution < 1.29 is 13.6 Å². The predicted molar refractivity (Wildman–Crippen MR) is 57.9 cm³/mol. The van der Waals surface area contributed by atoms with Crippen LogP contribution in [0.2, 0.25) is 0 Å². The van der Waals surface area contributed by atoms with Gasteiger partial charge in [-0.25, -0.2) is 13.8 Å². The maximum absolute atomic E-state index is 14.7. The summed E-state index contributed by atoms with van der Waals surface area (Å²) in [6, 6.07) is 3.73. The Labute approximate surface area is 96.1 Å². The number of nitrogens with zero attached hydrogens (tertiary/aromatic N) is 2. The van der Waals surface area contributed by atoms with E-state index in [0.29, 0.717) is 5.69 Å². The van der Waals surface area contributed by atoms with Crippen LogP contribution >= 0.6 is 0 Å². The van der Waals surface area contributed by atoms with Gasteiger partial charge in [-0.05, 0) is 24.3 Å². The Morgan fingerprint density at radius 2 is 2.24 bits per heavy atom. The zero-order chi connectivity index (χ0) is 12.2. The largest absolute Gasteiger partial charge is 0.274 e. The van der Waals surface area contributed by atoms with E-state index in [4.69, 9.17) is 0 Å². The average molecular weight is 234 g/mol. The second kappa shape index (κ2) is 3.00. The highest BCUT2D eigenvalue weighted by atomic mass is 19.1. The number of alkyl halides is 1. The Balaban J connectivity index is 2.18. The fraction of sp³-hybridized carbons (Fsp3) is 0.167. The van der Waals surface area contributed by atoms with Crippen molar-refractivity contribution in [3.8, 4) is 0 Å². The van der Waals surface area contributed by atoms with Gasteiger partial charge in [-0.3, -0.25) is 9.69 Å². The minimum Gasteiger partial charge on any atom is -0.274 e. The standard InChI is InChI=1S/C12H8F2N2O/c1-7(17)16-5-4-12(14)9-6-8(13)2-3-10(9)15-11(12)16/h2-6H,1H3/t12-/m1/s1. The van der Waals surface area contributed by atoms with Gasteiger partial charge in [0.1, 0.15) is 5.82 Å². The molecule has 0 fully saturated rings. The fourth-order valence-corrected chi connectivity index (χ4v) is 2.11. The number of halogens is 2. The first-order valence-corrected chi connectivity index (χ1v) is 5.09. The summed E-state index contributed by atoms with van der Waals surface area (Å²) in [7, 11) is 0. The summed E-state index contributed by atoms with van der Waals surface area (Å²) in [6.07, 6.45) is 2.55. The fourth-order valence-electron chi connectivity index (χ4n) is 2.11. The van der Waals surface area contributed by atoms with Gasteiger partial charge in [0.2, 0.25) is 11.6 Å². The number of hydrogen-bond acceptors (Lipinski definition) is 2. The summed E-state index contributed by atoms with van der Waals surface area (Å²) < 4.78 is 27.8. The molecular formula is C12H8F2N2O. The van der Waals surface area contributed by atoms with Crippen LogP contribution < -0.4 is 0 Å². The molecular weight excluding hydrogens is 226 g/mol. The molecule has 3 nitrogen and oxygen atoms in total. The van der Waals surface area contributed by atoms with E-state index in [-0.39, 0.29) is 17.3 Å². The molecule has 1 amide bonds. The van der Waals surface area contributed by atoms with E-state index in [1.54, 1.807) is 0 Å². The lowest BCUT2D eigenvalue weighted by Gasteiger charge is -2.17. The summed E-state index contributed by atoms with van der Waals surface area (Å²) >= 11 is 0. The van der Waals surface area contributed by atoms with E-state index in [1.165, 1.54) is 31.3 Å². The third-order valence-corrected chi connectivity index (χ3v) is 2.92. The molecule has 0 N–H and O–H groups in total.